The molecule has 8 N–H and O–H groups in total. The average Bonchev–Trinajstić information content (AvgIpc) is 0.856. The Hall–Kier alpha value is 44.2. The van der Waals surface area contributed by atoms with Gasteiger partial charge in [0.05, 0.1) is 25.9 Å². The molecule has 4 amide bonds. The predicted octanol–water partition coefficient (Wildman–Crippen LogP) is 59.7. The molecule has 0 bridgehead atoms. The van der Waals surface area contributed by atoms with Crippen molar-refractivity contribution in [3.63, 3.8) is 0 Å². The Morgan fingerprint density at radius 1 is 0.269 bits per heavy atom. The molecule has 0 fully saturated rings. The Morgan fingerprint density at radius 3 is 0.560 bits per heavy atom. The number of nitro benzene ring substituents is 3. The molecule has 4 aromatic carbocycles. The monoisotopic (exact) mass is 10000 g/mol. The van der Waals surface area contributed by atoms with Gasteiger partial charge < -0.3 is 37.2 Å². The molecule has 0 saturated heterocycles. The first-order valence-corrected chi connectivity index (χ1v) is 461. The fourth-order valence-corrected chi connectivity index (χ4v) is 11300. The fourth-order valence-electron chi connectivity index (χ4n) is 5.21. The number of aromatic carboxylic acids is 2. The summed E-state index contributed by atoms with van der Waals surface area (Å²) in [4.78, 5) is 117. The number of carbonyl (C=O) groups is 8. The summed E-state index contributed by atoms with van der Waals surface area (Å²) in [5.41, 5.74) is 4.43. The number of benzene rings is 4. The normalized spacial score (nSPS) is 14.1. The number of nitrogen functional groups attached to an aromatic ring is 1. The van der Waals surface area contributed by atoms with E-state index in [1.807, 2.05) is 0 Å². The van der Waals surface area contributed by atoms with Gasteiger partial charge in [0.1, 0.15) is 0 Å². The average molecular weight is 10000 g/mol. The number of carboxylic acids is 2. The van der Waals surface area contributed by atoms with Crippen molar-refractivity contribution in [2.75, 3.05) is 33.9 Å². The van der Waals surface area contributed by atoms with Gasteiger partial charge in [-0.15, -0.1) is 0 Å². The minimum absolute atomic E-state index is 0.0697. The van der Waals surface area contributed by atoms with Crippen molar-refractivity contribution >= 4 is 1050 Å². The largest absolute Gasteiger partial charge is 0.478 e. The summed E-state index contributed by atoms with van der Waals surface area (Å²) in [6, 6.07) is 13.6. The van der Waals surface area contributed by atoms with Crippen LogP contribution < -0.4 is 53.5 Å². The number of non-ortho nitro benzene ring substituents is 3. The van der Waals surface area contributed by atoms with E-state index < -0.39 is 293 Å². The van der Waals surface area contributed by atoms with Crippen LogP contribution in [-0.2, 0) is 0 Å². The van der Waals surface area contributed by atoms with Gasteiger partial charge in [-0.05, 0) is 59.6 Å². The minimum atomic E-state index is -1.42. The number of nitrogens with one attached hydrogen (secondary N) is 4. The Balaban J connectivity index is -0.00000151. The smallest absolute Gasteiger partial charge is 0.335 e. The van der Waals surface area contributed by atoms with Crippen LogP contribution in [0.1, 0.15) is 82.9 Å². The number of carbonyl (C=O) groups excluding carboxylic acids is 6. The summed E-state index contributed by atoms with van der Waals surface area (Å²) in [6.07, 6.45) is 0. The number of nitrogens with two attached hydrogens (primary N) is 1. The van der Waals surface area contributed by atoms with Crippen molar-refractivity contribution in [1.29, 1.82) is 0 Å². The maximum absolute atomic E-state index is 11.4. The summed E-state index contributed by atoms with van der Waals surface area (Å²) in [5.74, 6) is -4.35. The van der Waals surface area contributed by atoms with Gasteiger partial charge in [0, 0.05) is 104 Å². The van der Waals surface area contributed by atoms with Crippen LogP contribution in [0.4, 0.5) is 22.7 Å². The standard InChI is InChI=1S/C10H11N3O4.C10H13N3O2.C8H3Cl2NO4.C8H5NO6.I25.I24.I23/c1-11-9(14)6-3-7(10(15)12-2)5-8(4-6)13(16)17;1-12-9(14)6-3-7(10(15)13-2)5-8(11)4-6;9-7(12)4-1-5(8(10)13)3-6(2-4)11(14)15;10-7(11)4-1-5(8(12)13)3-6(2-4)9(14)15;1-14-16(4)18(6)20(8)22(10)24(12)25(13)23(11)21(9)19(7)17(5)15(2)3;1-14(2)16(5)18(7)20(9)22(11)24(13)23(12)21(10)19(8)17(6)15(3)4;1-13-15(4)17(6)19(8)21(10)23(12)22(11)20(9)18(7)16(5)14(2)3/h3-5H,1-2H3,(H,11,14)(H,12,15);3-5H,11H2,1-2H3,(H,12,14)(H,13,15);1-3H;1-3H,(H,10,11)(H,12,13);;;/q;;;;-1;;-1. The van der Waals surface area contributed by atoms with Gasteiger partial charge in [-0.25, -0.2) is 9.59 Å². The maximum atomic E-state index is 11.4. The van der Waals surface area contributed by atoms with Crippen molar-refractivity contribution in [3.05, 3.63) is 148 Å². The molecule has 4 rings (SSSR count). The number of hydrogen-bond donors (Lipinski definition) is 7. The number of amides is 4. The van der Waals surface area contributed by atoms with Crippen LogP contribution in [0.3, 0.4) is 0 Å². The first-order chi connectivity index (χ1) is 61.6. The van der Waals surface area contributed by atoms with Crippen molar-refractivity contribution in [2.45, 2.75) is 0 Å². The fraction of sp³-hybridized carbons (Fsp3) is 0.111. The molecular weight excluding hydrogens is 10000 g/mol. The van der Waals surface area contributed by atoms with Gasteiger partial charge >= 0.3 is 998 Å². The zero-order valence-electron chi connectivity index (χ0n) is 59.4. The van der Waals surface area contributed by atoms with Crippen molar-refractivity contribution in [1.82, 2.24) is 21.3 Å². The van der Waals surface area contributed by atoms with E-state index in [1.165, 1.54) is 52.5 Å². The van der Waals surface area contributed by atoms with Crippen LogP contribution >= 0.6 is 983 Å². The van der Waals surface area contributed by atoms with E-state index in [0.29, 0.717) is 43.3 Å². The quantitative estimate of drug-likeness (QED) is 0.00712. The number of hydrogen-bond acceptors (Lipinski definition) is 15. The molecule has 0 atom stereocenters. The Morgan fingerprint density at radius 2 is 0.410 bits per heavy atom. The zero-order chi connectivity index (χ0) is 105. The third-order valence-electron chi connectivity index (χ3n) is 9.69. The van der Waals surface area contributed by atoms with Crippen molar-refractivity contribution in [3.8, 4) is 0 Å². The molecule has 0 radical (unpaired) electrons. The molecule has 4 aromatic rings. The Labute approximate surface area is 1280 Å². The Kier molecular flexibility index (Phi) is 145. The molecule has 0 aliphatic carbocycles. The van der Waals surface area contributed by atoms with Crippen LogP contribution in [0.15, 0.2) is 72.8 Å². The van der Waals surface area contributed by atoms with E-state index in [9.17, 15) is 68.7 Å². The third-order valence-corrected chi connectivity index (χ3v) is 4970. The van der Waals surface area contributed by atoms with Gasteiger partial charge in [-0.3, -0.25) is 59.1 Å². The van der Waals surface area contributed by atoms with Crippen LogP contribution in [0.5, 0.6) is 0 Å². The van der Waals surface area contributed by atoms with Crippen LogP contribution in [-0.4, -0.2) is 99.2 Å². The summed E-state index contributed by atoms with van der Waals surface area (Å²) in [7, 11) is -7.57. The molecule has 134 heavy (non-hydrogen) atoms. The molecule has 0 aromatic heterocycles. The van der Waals surface area contributed by atoms with Gasteiger partial charge in [0.25, 0.3) is 51.2 Å². The molecule has 0 aliphatic rings. The molecule has 832 valence electrons. The van der Waals surface area contributed by atoms with E-state index in [-0.39, 0.29) is 71.3 Å². The molecule has 98 heteroatoms. The number of nitrogens with zero attached hydrogens (tertiary/aromatic N) is 3. The van der Waals surface area contributed by atoms with Crippen molar-refractivity contribution in [2.24, 2.45) is 0 Å². The topological polar surface area (TPSA) is 381 Å². The molecule has 0 unspecified atom stereocenters. The van der Waals surface area contributed by atoms with E-state index >= 15 is 0 Å². The summed E-state index contributed by atoms with van der Waals surface area (Å²) >= 11 is 129. The second-order valence-electron chi connectivity index (χ2n) is 16.7. The van der Waals surface area contributed by atoms with Gasteiger partial charge in [0.2, 0.25) is 0 Å². The molecular formula is C36H32Cl2I72N8O16-2. The number of nitro groups is 3. The van der Waals surface area contributed by atoms with E-state index in [4.69, 9.17) is 39.1 Å². The Bertz CT molecular complexity index is 4060. The molecule has 0 heterocycles. The van der Waals surface area contributed by atoms with E-state index in [1.54, 1.807) is 0 Å². The summed E-state index contributed by atoms with van der Waals surface area (Å²) in [5, 5.41) is 56.5. The number of halogens is 74. The summed E-state index contributed by atoms with van der Waals surface area (Å²) < 4.78 is 0. The van der Waals surface area contributed by atoms with E-state index in [2.05, 4.69) is 729 Å². The predicted molar refractivity (Wildman–Crippen MR) is 1200 cm³/mol. The second-order valence-corrected chi connectivity index (χ2v) is 1610. The van der Waals surface area contributed by atoms with Crippen LogP contribution in [0, 0.1) is 30.3 Å². The third kappa shape index (κ3) is 77.5. The van der Waals surface area contributed by atoms with Gasteiger partial charge in [-0.2, -0.15) is 0 Å². The second kappa shape index (κ2) is 107. The number of carboxylic acid groups (broad SMARTS) is 2. The zero-order valence-corrected chi connectivity index (χ0v) is 216. The molecule has 24 nitrogen and oxygen atoms in total. The first-order valence-electron chi connectivity index (χ1n) is 26.3. The maximum Gasteiger partial charge on any atom is 0.335 e. The van der Waals surface area contributed by atoms with Gasteiger partial charge in [-0.1, -0.05) is 0 Å². The SMILES string of the molecule is CNC(=O)c1cc(C(=O)NC)cc([N+](=O)[O-])c1.CNC(=O)c1cc(N)cc(C(=O)NC)c1.II(I)I(I)I(I)I(I)I(I)I(I)I(I)I(I)I(I)I(I)I(I)I.I[I-]I(I)I(I)I(I)I(I)I(I)I(I)I(I)I(I)I(I)I(I)I.I[I-]I(I)I(I)I(I)I(I)I(I)I(I)I(I)I(I)I(I)I(I)I(I)I.O=C(Cl)c1cc(C(=O)Cl)cc([N+](=O)[O-])c1.O=C(O)c1cc(C(=O)O)cc([N+](=O)[O-])c1. The number of rotatable bonds is 42. The first kappa shape index (κ1) is 182. The van der Waals surface area contributed by atoms with Gasteiger partial charge in [0.15, 0.2) is 0 Å². The van der Waals surface area contributed by atoms with Crippen LogP contribution in [0.25, 0.3) is 0 Å². The van der Waals surface area contributed by atoms with Crippen LogP contribution in [0.2, 0.25) is 0 Å². The van der Waals surface area contributed by atoms with Crippen molar-refractivity contribution < 1.29 is 89.8 Å². The summed E-state index contributed by atoms with van der Waals surface area (Å²) in [6.45, 7) is 0. The molecule has 0 saturated carbocycles. The number of anilines is 1. The molecule has 0 spiro atoms. The molecule has 0 aliphatic heterocycles. The van der Waals surface area contributed by atoms with E-state index in [0.717, 1.165) is 48.5 Å². The minimum Gasteiger partial charge on any atom is -0.478 e.